The van der Waals surface area contributed by atoms with E-state index in [1.165, 1.54) is 24.9 Å². The third kappa shape index (κ3) is 2.97. The lowest BCUT2D eigenvalue weighted by Crippen LogP contribution is -1.89. The first-order chi connectivity index (χ1) is 14.3. The number of para-hydroxylation sites is 1. The van der Waals surface area contributed by atoms with Crippen LogP contribution in [0.15, 0.2) is 91.0 Å². The van der Waals surface area contributed by atoms with Crippen molar-refractivity contribution in [3.8, 4) is 10.6 Å². The molecule has 0 atom stereocenters. The van der Waals surface area contributed by atoms with Crippen LogP contribution in [0.25, 0.3) is 41.0 Å². The Kier molecular flexibility index (Phi) is 3.86. The zero-order chi connectivity index (χ0) is 19.2. The smallest absolute Gasteiger partial charge is 0.124 e. The van der Waals surface area contributed by atoms with Crippen molar-refractivity contribution in [3.05, 3.63) is 91.0 Å². The molecular formula is C25H16N2S2. The number of thiophene rings is 1. The van der Waals surface area contributed by atoms with Gasteiger partial charge in [-0.2, -0.15) is 0 Å². The third-order valence-electron chi connectivity index (χ3n) is 5.09. The van der Waals surface area contributed by atoms with E-state index in [4.69, 9.17) is 4.98 Å². The molecule has 4 heteroatoms. The van der Waals surface area contributed by atoms with Crippen LogP contribution in [0.4, 0.5) is 11.4 Å². The summed E-state index contributed by atoms with van der Waals surface area (Å²) in [6.45, 7) is 0. The topological polar surface area (TPSA) is 24.9 Å². The Hall–Kier alpha value is -3.21. The molecule has 0 spiro atoms. The zero-order valence-corrected chi connectivity index (χ0v) is 17.1. The number of rotatable bonds is 3. The first kappa shape index (κ1) is 16.7. The van der Waals surface area contributed by atoms with Gasteiger partial charge in [0.25, 0.3) is 0 Å². The van der Waals surface area contributed by atoms with Crippen LogP contribution < -0.4 is 5.32 Å². The molecule has 6 rings (SSSR count). The van der Waals surface area contributed by atoms with Crippen LogP contribution >= 0.6 is 22.7 Å². The molecule has 0 aliphatic carbocycles. The maximum absolute atomic E-state index is 4.75. The molecule has 0 unspecified atom stereocenters. The van der Waals surface area contributed by atoms with Crippen molar-refractivity contribution in [2.75, 3.05) is 5.32 Å². The second-order valence-electron chi connectivity index (χ2n) is 7.00. The van der Waals surface area contributed by atoms with Crippen LogP contribution in [0.3, 0.4) is 0 Å². The second kappa shape index (κ2) is 6.69. The standard InChI is InChI=1S/C25H16N2S2/c1-3-7-22-19(5-1)20-14-13-18(15-24(20)28-22)26-17-11-9-16(10-12-17)25-27-21-6-2-4-8-23(21)29-25/h1-15,26H. The molecule has 6 aromatic rings. The van der Waals surface area contributed by atoms with E-state index in [-0.39, 0.29) is 0 Å². The highest BCUT2D eigenvalue weighted by Gasteiger charge is 2.07. The van der Waals surface area contributed by atoms with Crippen LogP contribution in [-0.4, -0.2) is 4.98 Å². The van der Waals surface area contributed by atoms with Crippen LogP contribution in [-0.2, 0) is 0 Å². The maximum Gasteiger partial charge on any atom is 0.124 e. The fourth-order valence-corrected chi connectivity index (χ4v) is 5.78. The minimum atomic E-state index is 1.06. The average molecular weight is 409 g/mol. The van der Waals surface area contributed by atoms with Crippen molar-refractivity contribution in [2.45, 2.75) is 0 Å². The maximum atomic E-state index is 4.75. The van der Waals surface area contributed by atoms with Crippen LogP contribution in [0.1, 0.15) is 0 Å². The monoisotopic (exact) mass is 408 g/mol. The lowest BCUT2D eigenvalue weighted by molar-refractivity contribution is 1.47. The minimum absolute atomic E-state index is 1.06. The summed E-state index contributed by atoms with van der Waals surface area (Å²) in [5.41, 5.74) is 4.40. The van der Waals surface area contributed by atoms with Crippen molar-refractivity contribution in [2.24, 2.45) is 0 Å². The Balaban J connectivity index is 1.29. The Morgan fingerprint density at radius 3 is 2.17 bits per heavy atom. The Morgan fingerprint density at radius 1 is 0.586 bits per heavy atom. The number of fused-ring (bicyclic) bond motifs is 4. The summed E-state index contributed by atoms with van der Waals surface area (Å²) in [7, 11) is 0. The van der Waals surface area contributed by atoms with E-state index >= 15 is 0 Å². The quantitative estimate of drug-likeness (QED) is 0.320. The highest BCUT2D eigenvalue weighted by atomic mass is 32.1. The number of benzene rings is 4. The van der Waals surface area contributed by atoms with Gasteiger partial charge in [0.1, 0.15) is 5.01 Å². The molecule has 2 aromatic heterocycles. The first-order valence-electron chi connectivity index (χ1n) is 9.48. The first-order valence-corrected chi connectivity index (χ1v) is 11.1. The molecule has 1 N–H and O–H groups in total. The fraction of sp³-hybridized carbons (Fsp3) is 0. The molecule has 0 bridgehead atoms. The molecule has 0 aliphatic rings. The van der Waals surface area contributed by atoms with E-state index in [0.717, 1.165) is 27.5 Å². The van der Waals surface area contributed by atoms with E-state index in [2.05, 4.69) is 90.2 Å². The van der Waals surface area contributed by atoms with E-state index in [0.29, 0.717) is 0 Å². The Morgan fingerprint density at radius 2 is 1.31 bits per heavy atom. The summed E-state index contributed by atoms with van der Waals surface area (Å²) in [6.07, 6.45) is 0. The Bertz CT molecular complexity index is 1440. The molecule has 2 nitrogen and oxygen atoms in total. The van der Waals surface area contributed by atoms with Gasteiger partial charge in [0.05, 0.1) is 10.2 Å². The number of nitrogens with zero attached hydrogens (tertiary/aromatic N) is 1. The van der Waals surface area contributed by atoms with E-state index < -0.39 is 0 Å². The molecule has 0 saturated heterocycles. The zero-order valence-electron chi connectivity index (χ0n) is 15.4. The van der Waals surface area contributed by atoms with Crippen LogP contribution in [0, 0.1) is 0 Å². The highest BCUT2D eigenvalue weighted by molar-refractivity contribution is 7.25. The molecule has 0 amide bonds. The largest absolute Gasteiger partial charge is 0.355 e. The number of anilines is 2. The van der Waals surface area contributed by atoms with Gasteiger partial charge in [0.2, 0.25) is 0 Å². The van der Waals surface area contributed by atoms with Gasteiger partial charge in [-0.3, -0.25) is 0 Å². The lowest BCUT2D eigenvalue weighted by Gasteiger charge is -2.07. The van der Waals surface area contributed by atoms with E-state index in [1.807, 2.05) is 17.4 Å². The SMILES string of the molecule is c1ccc2sc(-c3ccc(Nc4ccc5c(c4)sc4ccccc45)cc3)nc2c1. The summed E-state index contributed by atoms with van der Waals surface area (Å²) in [6, 6.07) is 32.0. The predicted octanol–water partition coefficient (Wildman–Crippen LogP) is 8.07. The van der Waals surface area contributed by atoms with Crippen molar-refractivity contribution in [3.63, 3.8) is 0 Å². The van der Waals surface area contributed by atoms with Gasteiger partial charge in [0.15, 0.2) is 0 Å². The predicted molar refractivity (Wildman–Crippen MR) is 128 cm³/mol. The molecule has 2 heterocycles. The number of hydrogen-bond donors (Lipinski definition) is 1. The van der Waals surface area contributed by atoms with Gasteiger partial charge < -0.3 is 5.32 Å². The molecule has 4 aromatic carbocycles. The number of aromatic nitrogens is 1. The van der Waals surface area contributed by atoms with Gasteiger partial charge in [-0.25, -0.2) is 4.98 Å². The number of hydrogen-bond acceptors (Lipinski definition) is 4. The van der Waals surface area contributed by atoms with Crippen LogP contribution in [0.2, 0.25) is 0 Å². The molecule has 0 fully saturated rings. The molecular weight excluding hydrogens is 392 g/mol. The van der Waals surface area contributed by atoms with Crippen molar-refractivity contribution < 1.29 is 0 Å². The number of thiazole rings is 1. The molecule has 0 aliphatic heterocycles. The lowest BCUT2D eigenvalue weighted by atomic mass is 10.1. The fourth-order valence-electron chi connectivity index (χ4n) is 3.66. The number of nitrogens with one attached hydrogen (secondary N) is 1. The van der Waals surface area contributed by atoms with Gasteiger partial charge in [0, 0.05) is 37.1 Å². The van der Waals surface area contributed by atoms with Crippen LogP contribution in [0.5, 0.6) is 0 Å². The van der Waals surface area contributed by atoms with E-state index in [1.54, 1.807) is 11.3 Å². The summed E-state index contributed by atoms with van der Waals surface area (Å²) < 4.78 is 3.86. The van der Waals surface area contributed by atoms with Crippen molar-refractivity contribution >= 4 is 64.4 Å². The van der Waals surface area contributed by atoms with Gasteiger partial charge in [-0.05, 0) is 54.6 Å². The highest BCUT2D eigenvalue weighted by Crippen LogP contribution is 2.36. The van der Waals surface area contributed by atoms with Gasteiger partial charge in [-0.15, -0.1) is 22.7 Å². The molecule has 138 valence electrons. The third-order valence-corrected chi connectivity index (χ3v) is 7.31. The molecule has 29 heavy (non-hydrogen) atoms. The summed E-state index contributed by atoms with van der Waals surface area (Å²) >= 11 is 3.57. The molecule has 0 radical (unpaired) electrons. The van der Waals surface area contributed by atoms with Crippen molar-refractivity contribution in [1.82, 2.24) is 4.98 Å². The van der Waals surface area contributed by atoms with Crippen molar-refractivity contribution in [1.29, 1.82) is 0 Å². The van der Waals surface area contributed by atoms with Gasteiger partial charge in [-0.1, -0.05) is 36.4 Å². The second-order valence-corrected chi connectivity index (χ2v) is 9.11. The minimum Gasteiger partial charge on any atom is -0.355 e. The summed E-state index contributed by atoms with van der Waals surface area (Å²) in [5, 5.41) is 7.25. The Labute approximate surface area is 176 Å². The van der Waals surface area contributed by atoms with E-state index in [9.17, 15) is 0 Å². The average Bonchev–Trinajstić information content (AvgIpc) is 3.35. The summed E-state index contributed by atoms with van der Waals surface area (Å²) in [4.78, 5) is 4.75. The normalized spacial score (nSPS) is 11.4. The van der Waals surface area contributed by atoms with Gasteiger partial charge >= 0.3 is 0 Å². The summed E-state index contributed by atoms with van der Waals surface area (Å²) in [5.74, 6) is 0. The molecule has 0 saturated carbocycles.